The summed E-state index contributed by atoms with van der Waals surface area (Å²) in [6.07, 6.45) is 2.36. The molecule has 0 spiro atoms. The van der Waals surface area contributed by atoms with Crippen LogP contribution in [0.25, 0.3) is 0 Å². The monoisotopic (exact) mass is 257 g/mol. The van der Waals surface area contributed by atoms with Gasteiger partial charge >= 0.3 is 0 Å². The molecule has 5 nitrogen and oxygen atoms in total. The van der Waals surface area contributed by atoms with Crippen molar-refractivity contribution in [1.82, 2.24) is 4.98 Å². The maximum absolute atomic E-state index is 8.61. The molecule has 1 heterocycles. The van der Waals surface area contributed by atoms with E-state index >= 15 is 0 Å². The van der Waals surface area contributed by atoms with Gasteiger partial charge in [-0.2, -0.15) is 0 Å². The average molecular weight is 257 g/mol. The summed E-state index contributed by atoms with van der Waals surface area (Å²) in [5.74, 6) is 0.496. The average Bonchev–Trinajstić information content (AvgIpc) is 2.48. The third kappa shape index (κ3) is 3.70. The van der Waals surface area contributed by atoms with Gasteiger partial charge in [0.25, 0.3) is 0 Å². The van der Waals surface area contributed by atoms with Crippen LogP contribution in [0.1, 0.15) is 11.1 Å². The topological polar surface area (TPSA) is 80.7 Å². The number of nitrogens with two attached hydrogens (primary N) is 1. The fraction of sp³-hybridized carbons (Fsp3) is 0.143. The quantitative estimate of drug-likeness (QED) is 0.370. The van der Waals surface area contributed by atoms with E-state index in [1.54, 1.807) is 18.3 Å². The maximum Gasteiger partial charge on any atom is 0.213 e. The van der Waals surface area contributed by atoms with Gasteiger partial charge in [0.15, 0.2) is 5.84 Å². The predicted molar refractivity (Wildman–Crippen MR) is 72.4 cm³/mol. The Morgan fingerprint density at radius 2 is 2.05 bits per heavy atom. The van der Waals surface area contributed by atoms with Crippen LogP contribution >= 0.6 is 0 Å². The fourth-order valence-corrected chi connectivity index (χ4v) is 1.62. The van der Waals surface area contributed by atoms with Crippen molar-refractivity contribution in [3.05, 3.63) is 59.8 Å². The van der Waals surface area contributed by atoms with E-state index in [1.165, 1.54) is 5.56 Å². The Bertz CT molecular complexity index is 556. The smallest absolute Gasteiger partial charge is 0.213 e. The van der Waals surface area contributed by atoms with Crippen LogP contribution in [-0.2, 0) is 6.42 Å². The largest absolute Gasteiger partial charge is 0.477 e. The number of ether oxygens (including phenoxy) is 1. The lowest BCUT2D eigenvalue weighted by atomic mass is 10.2. The minimum absolute atomic E-state index is 0.0373. The third-order valence-electron chi connectivity index (χ3n) is 2.62. The highest BCUT2D eigenvalue weighted by Crippen LogP contribution is 2.10. The van der Waals surface area contributed by atoms with Gasteiger partial charge in [-0.3, -0.25) is 0 Å². The Morgan fingerprint density at radius 3 is 2.79 bits per heavy atom. The van der Waals surface area contributed by atoms with Crippen LogP contribution < -0.4 is 10.5 Å². The molecule has 0 radical (unpaired) electrons. The molecule has 2 aromatic rings. The van der Waals surface area contributed by atoms with Crippen LogP contribution in [0.5, 0.6) is 5.88 Å². The van der Waals surface area contributed by atoms with E-state index in [0.717, 1.165) is 6.42 Å². The normalized spacial score (nSPS) is 11.3. The van der Waals surface area contributed by atoms with Gasteiger partial charge in [-0.15, -0.1) is 0 Å². The Hall–Kier alpha value is -2.56. The van der Waals surface area contributed by atoms with Gasteiger partial charge in [0.05, 0.1) is 6.61 Å². The van der Waals surface area contributed by atoms with Crippen molar-refractivity contribution in [2.24, 2.45) is 10.9 Å². The molecule has 19 heavy (non-hydrogen) atoms. The first-order valence-electron chi connectivity index (χ1n) is 5.90. The number of oxime groups is 1. The molecule has 0 aliphatic heterocycles. The molecule has 0 aliphatic rings. The lowest BCUT2D eigenvalue weighted by molar-refractivity contribution is 0.309. The molecule has 1 aromatic heterocycles. The number of hydrogen-bond donors (Lipinski definition) is 2. The molecular weight excluding hydrogens is 242 g/mol. The van der Waals surface area contributed by atoms with Gasteiger partial charge in [0, 0.05) is 24.2 Å². The first-order valence-corrected chi connectivity index (χ1v) is 5.90. The summed E-state index contributed by atoms with van der Waals surface area (Å²) < 4.78 is 5.54. The van der Waals surface area contributed by atoms with Gasteiger partial charge in [0.2, 0.25) is 5.88 Å². The zero-order valence-corrected chi connectivity index (χ0v) is 10.4. The lowest BCUT2D eigenvalue weighted by Gasteiger charge is -2.06. The Morgan fingerprint density at radius 1 is 1.26 bits per heavy atom. The van der Waals surface area contributed by atoms with Crippen molar-refractivity contribution < 1.29 is 9.94 Å². The van der Waals surface area contributed by atoms with Crippen LogP contribution in [0.2, 0.25) is 0 Å². The van der Waals surface area contributed by atoms with Crippen molar-refractivity contribution in [3.63, 3.8) is 0 Å². The summed E-state index contributed by atoms with van der Waals surface area (Å²) >= 11 is 0. The highest BCUT2D eigenvalue weighted by atomic mass is 16.5. The van der Waals surface area contributed by atoms with Gasteiger partial charge in [-0.25, -0.2) is 4.98 Å². The molecule has 3 N–H and O–H groups in total. The molecular formula is C14H15N3O2. The van der Waals surface area contributed by atoms with Crippen LogP contribution in [0.4, 0.5) is 0 Å². The number of pyridine rings is 1. The minimum Gasteiger partial charge on any atom is -0.477 e. The van der Waals surface area contributed by atoms with Crippen molar-refractivity contribution in [3.8, 4) is 5.88 Å². The number of amidine groups is 1. The van der Waals surface area contributed by atoms with Gasteiger partial charge in [0.1, 0.15) is 0 Å². The van der Waals surface area contributed by atoms with Crippen molar-refractivity contribution in [2.45, 2.75) is 6.42 Å². The van der Waals surface area contributed by atoms with Crippen molar-refractivity contribution >= 4 is 5.84 Å². The molecule has 0 unspecified atom stereocenters. The van der Waals surface area contributed by atoms with Crippen LogP contribution in [0, 0.1) is 0 Å². The number of benzene rings is 1. The highest BCUT2D eigenvalue weighted by Gasteiger charge is 2.02. The predicted octanol–water partition coefficient (Wildman–Crippen LogP) is 1.80. The Labute approximate surface area is 111 Å². The van der Waals surface area contributed by atoms with E-state index in [2.05, 4.69) is 10.1 Å². The van der Waals surface area contributed by atoms with E-state index in [-0.39, 0.29) is 5.84 Å². The number of aromatic nitrogens is 1. The first kappa shape index (κ1) is 12.9. The summed E-state index contributed by atoms with van der Waals surface area (Å²) in [5.41, 5.74) is 7.28. The minimum atomic E-state index is 0.0373. The Kier molecular flexibility index (Phi) is 4.34. The molecule has 2 rings (SSSR count). The highest BCUT2D eigenvalue weighted by molar-refractivity contribution is 5.97. The van der Waals surface area contributed by atoms with Gasteiger partial charge in [-0.1, -0.05) is 35.5 Å². The number of rotatable bonds is 5. The summed E-state index contributed by atoms with van der Waals surface area (Å²) in [5, 5.41) is 11.5. The van der Waals surface area contributed by atoms with E-state index in [0.29, 0.717) is 18.1 Å². The molecule has 0 bridgehead atoms. The molecule has 0 atom stereocenters. The molecule has 98 valence electrons. The van der Waals surface area contributed by atoms with E-state index in [1.807, 2.05) is 30.3 Å². The maximum atomic E-state index is 8.61. The lowest BCUT2D eigenvalue weighted by Crippen LogP contribution is -2.13. The van der Waals surface area contributed by atoms with Gasteiger partial charge < -0.3 is 15.7 Å². The molecule has 0 aliphatic carbocycles. The number of hydrogen-bond acceptors (Lipinski definition) is 4. The third-order valence-corrected chi connectivity index (χ3v) is 2.62. The number of nitrogens with zero attached hydrogens (tertiary/aromatic N) is 2. The van der Waals surface area contributed by atoms with Crippen LogP contribution in [-0.4, -0.2) is 22.6 Å². The van der Waals surface area contributed by atoms with Crippen molar-refractivity contribution in [1.29, 1.82) is 0 Å². The fourth-order valence-electron chi connectivity index (χ4n) is 1.62. The zero-order chi connectivity index (χ0) is 13.5. The second kappa shape index (κ2) is 6.39. The summed E-state index contributed by atoms with van der Waals surface area (Å²) in [6, 6.07) is 13.3. The SMILES string of the molecule is NC(=NO)c1ccnc(OCCc2ccccc2)c1. The summed E-state index contributed by atoms with van der Waals surface area (Å²) in [7, 11) is 0. The molecule has 5 heteroatoms. The second-order valence-electron chi connectivity index (χ2n) is 3.95. The van der Waals surface area contributed by atoms with E-state index in [4.69, 9.17) is 15.7 Å². The van der Waals surface area contributed by atoms with E-state index < -0.39 is 0 Å². The summed E-state index contributed by atoms with van der Waals surface area (Å²) in [6.45, 7) is 0.524. The zero-order valence-electron chi connectivity index (χ0n) is 10.4. The van der Waals surface area contributed by atoms with Crippen LogP contribution in [0.3, 0.4) is 0 Å². The van der Waals surface area contributed by atoms with Gasteiger partial charge in [-0.05, 0) is 11.6 Å². The summed E-state index contributed by atoms with van der Waals surface area (Å²) in [4.78, 5) is 4.07. The molecule has 0 fully saturated rings. The Balaban J connectivity index is 1.93. The molecule has 0 saturated carbocycles. The standard InChI is InChI=1S/C14H15N3O2/c15-14(17-18)12-6-8-16-13(10-12)19-9-7-11-4-2-1-3-5-11/h1-6,8,10,18H,7,9H2,(H2,15,17). The van der Waals surface area contributed by atoms with Crippen LogP contribution in [0.15, 0.2) is 53.8 Å². The van der Waals surface area contributed by atoms with E-state index in [9.17, 15) is 0 Å². The molecule has 0 amide bonds. The van der Waals surface area contributed by atoms with Crippen molar-refractivity contribution in [2.75, 3.05) is 6.61 Å². The molecule has 1 aromatic carbocycles. The first-order chi connectivity index (χ1) is 9.29. The molecule has 0 saturated heterocycles. The second-order valence-corrected chi connectivity index (χ2v) is 3.95.